The number of nitrogens with zero attached hydrogens (tertiary/aromatic N) is 3. The van der Waals surface area contributed by atoms with Gasteiger partial charge >= 0.3 is 5.97 Å². The number of carboxylic acids is 1. The third-order valence-electron chi connectivity index (χ3n) is 2.66. The maximum atomic E-state index is 10.9. The first-order valence-corrected chi connectivity index (χ1v) is 5.73. The van der Waals surface area contributed by atoms with E-state index in [-0.39, 0.29) is 11.5 Å². The molecule has 0 aliphatic heterocycles. The van der Waals surface area contributed by atoms with Gasteiger partial charge in [0.2, 0.25) is 0 Å². The van der Waals surface area contributed by atoms with Gasteiger partial charge in [0, 0.05) is 18.5 Å². The lowest BCUT2D eigenvalue weighted by Gasteiger charge is -2.01. The Bertz CT molecular complexity index is 588. The van der Waals surface area contributed by atoms with E-state index < -0.39 is 5.97 Å². The molecule has 0 radical (unpaired) electrons. The van der Waals surface area contributed by atoms with Crippen LogP contribution in [0.3, 0.4) is 0 Å². The number of carboxylic acid groups (broad SMARTS) is 1. The Labute approximate surface area is 105 Å². The minimum atomic E-state index is -0.942. The zero-order valence-corrected chi connectivity index (χ0v) is 10.6. The van der Waals surface area contributed by atoms with E-state index in [0.29, 0.717) is 5.82 Å². The van der Waals surface area contributed by atoms with Gasteiger partial charge in [-0.3, -0.25) is 0 Å². The normalized spacial score (nSPS) is 10.9. The van der Waals surface area contributed by atoms with Crippen LogP contribution in [0.15, 0.2) is 24.3 Å². The molecule has 18 heavy (non-hydrogen) atoms. The van der Waals surface area contributed by atoms with Gasteiger partial charge in [-0.15, -0.1) is 0 Å². The van der Waals surface area contributed by atoms with Crippen LogP contribution in [0.2, 0.25) is 0 Å². The second-order valence-electron chi connectivity index (χ2n) is 4.46. The molecule has 0 saturated carbocycles. The van der Waals surface area contributed by atoms with Gasteiger partial charge < -0.3 is 5.11 Å². The molecule has 5 nitrogen and oxygen atoms in total. The number of aromatic nitrogens is 3. The molecule has 0 spiro atoms. The number of aromatic carboxylic acids is 1. The number of hydrogen-bond donors (Lipinski definition) is 1. The predicted molar refractivity (Wildman–Crippen MR) is 67.5 cm³/mol. The molecule has 0 saturated heterocycles. The average Bonchev–Trinajstić information content (AvgIpc) is 2.72. The Morgan fingerprint density at radius 2 is 2.11 bits per heavy atom. The molecule has 0 unspecified atom stereocenters. The van der Waals surface area contributed by atoms with E-state index in [1.54, 1.807) is 22.9 Å². The number of rotatable bonds is 3. The van der Waals surface area contributed by atoms with Crippen molar-refractivity contribution in [3.8, 4) is 11.4 Å². The highest BCUT2D eigenvalue weighted by Crippen LogP contribution is 2.20. The van der Waals surface area contributed by atoms with Crippen LogP contribution >= 0.6 is 0 Å². The van der Waals surface area contributed by atoms with Crippen LogP contribution in [0.25, 0.3) is 11.4 Å². The lowest BCUT2D eigenvalue weighted by atomic mass is 10.1. The summed E-state index contributed by atoms with van der Waals surface area (Å²) in [6.07, 6.45) is 0. The SMILES string of the molecule is CC(C)c1nc(-c2cccc(C(=O)O)c2)n(C)n1. The Kier molecular flexibility index (Phi) is 3.14. The van der Waals surface area contributed by atoms with Gasteiger partial charge in [0.25, 0.3) is 0 Å². The first-order chi connectivity index (χ1) is 8.49. The van der Waals surface area contributed by atoms with Gasteiger partial charge in [0.15, 0.2) is 11.6 Å². The third-order valence-corrected chi connectivity index (χ3v) is 2.66. The second kappa shape index (κ2) is 4.60. The molecular formula is C13H15N3O2. The van der Waals surface area contributed by atoms with Crippen molar-refractivity contribution in [2.75, 3.05) is 0 Å². The molecule has 0 aliphatic carbocycles. The summed E-state index contributed by atoms with van der Waals surface area (Å²) in [7, 11) is 1.81. The van der Waals surface area contributed by atoms with Crippen molar-refractivity contribution >= 4 is 5.97 Å². The monoisotopic (exact) mass is 245 g/mol. The zero-order chi connectivity index (χ0) is 13.3. The number of carbonyl (C=O) groups is 1. The molecule has 0 fully saturated rings. The highest BCUT2D eigenvalue weighted by Gasteiger charge is 2.13. The first-order valence-electron chi connectivity index (χ1n) is 5.73. The lowest BCUT2D eigenvalue weighted by molar-refractivity contribution is 0.0697. The van der Waals surface area contributed by atoms with Crippen molar-refractivity contribution in [3.63, 3.8) is 0 Å². The summed E-state index contributed by atoms with van der Waals surface area (Å²) >= 11 is 0. The Morgan fingerprint density at radius 1 is 1.39 bits per heavy atom. The minimum Gasteiger partial charge on any atom is -0.478 e. The smallest absolute Gasteiger partial charge is 0.335 e. The minimum absolute atomic E-state index is 0.243. The van der Waals surface area contributed by atoms with Crippen molar-refractivity contribution in [2.24, 2.45) is 7.05 Å². The summed E-state index contributed by atoms with van der Waals surface area (Å²) < 4.78 is 1.68. The summed E-state index contributed by atoms with van der Waals surface area (Å²) in [6.45, 7) is 4.04. The number of aryl methyl sites for hydroxylation is 1. The molecule has 1 heterocycles. The van der Waals surface area contributed by atoms with E-state index in [1.807, 2.05) is 27.0 Å². The Morgan fingerprint density at radius 3 is 2.67 bits per heavy atom. The number of hydrogen-bond acceptors (Lipinski definition) is 3. The van der Waals surface area contributed by atoms with E-state index in [4.69, 9.17) is 5.11 Å². The van der Waals surface area contributed by atoms with E-state index in [1.165, 1.54) is 0 Å². The molecule has 1 aromatic carbocycles. The van der Waals surface area contributed by atoms with Crippen molar-refractivity contribution in [1.29, 1.82) is 0 Å². The van der Waals surface area contributed by atoms with Crippen LogP contribution in [-0.4, -0.2) is 25.8 Å². The molecule has 0 bridgehead atoms. The van der Waals surface area contributed by atoms with Crippen molar-refractivity contribution in [2.45, 2.75) is 19.8 Å². The summed E-state index contributed by atoms with van der Waals surface area (Å²) in [6, 6.07) is 6.71. The largest absolute Gasteiger partial charge is 0.478 e. The van der Waals surface area contributed by atoms with Crippen LogP contribution < -0.4 is 0 Å². The quantitative estimate of drug-likeness (QED) is 0.900. The fraction of sp³-hybridized carbons (Fsp3) is 0.308. The third kappa shape index (κ3) is 2.25. The predicted octanol–water partition coefficient (Wildman–Crippen LogP) is 2.30. The van der Waals surface area contributed by atoms with Gasteiger partial charge in [-0.1, -0.05) is 26.0 Å². The van der Waals surface area contributed by atoms with Gasteiger partial charge in [-0.05, 0) is 12.1 Å². The molecule has 94 valence electrons. The van der Waals surface area contributed by atoms with Gasteiger partial charge in [-0.2, -0.15) is 5.10 Å². The first kappa shape index (κ1) is 12.3. The van der Waals surface area contributed by atoms with Gasteiger partial charge in [0.1, 0.15) is 0 Å². The van der Waals surface area contributed by atoms with Crippen molar-refractivity contribution in [1.82, 2.24) is 14.8 Å². The fourth-order valence-corrected chi connectivity index (χ4v) is 1.69. The number of benzene rings is 1. The molecule has 0 atom stereocenters. The molecule has 0 aliphatic rings. The molecular weight excluding hydrogens is 230 g/mol. The average molecular weight is 245 g/mol. The standard InChI is InChI=1S/C13H15N3O2/c1-8(2)11-14-12(16(3)15-11)9-5-4-6-10(7-9)13(17)18/h4-8H,1-3H3,(H,17,18). The van der Waals surface area contributed by atoms with Crippen molar-refractivity contribution in [3.05, 3.63) is 35.7 Å². The molecule has 5 heteroatoms. The second-order valence-corrected chi connectivity index (χ2v) is 4.46. The molecule has 2 aromatic rings. The van der Waals surface area contributed by atoms with Crippen molar-refractivity contribution < 1.29 is 9.90 Å². The summed E-state index contributed by atoms with van der Waals surface area (Å²) in [5.74, 6) is 0.741. The molecule has 0 amide bonds. The highest BCUT2D eigenvalue weighted by atomic mass is 16.4. The Balaban J connectivity index is 2.48. The zero-order valence-electron chi connectivity index (χ0n) is 10.6. The van der Waals surface area contributed by atoms with Gasteiger partial charge in [0.05, 0.1) is 5.56 Å². The van der Waals surface area contributed by atoms with E-state index in [9.17, 15) is 4.79 Å². The topological polar surface area (TPSA) is 68.0 Å². The van der Waals surface area contributed by atoms with Crippen LogP contribution in [0, 0.1) is 0 Å². The van der Waals surface area contributed by atoms with Gasteiger partial charge in [-0.25, -0.2) is 14.5 Å². The molecule has 1 aromatic heterocycles. The summed E-state index contributed by atoms with van der Waals surface area (Å²) in [5.41, 5.74) is 1.01. The van der Waals surface area contributed by atoms with E-state index in [0.717, 1.165) is 11.4 Å². The van der Waals surface area contributed by atoms with Crippen LogP contribution in [0.4, 0.5) is 0 Å². The van der Waals surface area contributed by atoms with E-state index in [2.05, 4.69) is 10.1 Å². The fourth-order valence-electron chi connectivity index (χ4n) is 1.69. The summed E-state index contributed by atoms with van der Waals surface area (Å²) in [5, 5.41) is 13.3. The van der Waals surface area contributed by atoms with Crippen LogP contribution in [-0.2, 0) is 7.05 Å². The van der Waals surface area contributed by atoms with Crippen LogP contribution in [0.5, 0.6) is 0 Å². The maximum Gasteiger partial charge on any atom is 0.335 e. The Hall–Kier alpha value is -2.17. The van der Waals surface area contributed by atoms with E-state index >= 15 is 0 Å². The summed E-state index contributed by atoms with van der Waals surface area (Å²) in [4.78, 5) is 15.4. The lowest BCUT2D eigenvalue weighted by Crippen LogP contribution is -1.98. The van der Waals surface area contributed by atoms with Crippen LogP contribution in [0.1, 0.15) is 35.9 Å². The highest BCUT2D eigenvalue weighted by molar-refractivity contribution is 5.89. The molecule has 1 N–H and O–H groups in total. The molecule has 2 rings (SSSR count). The maximum absolute atomic E-state index is 10.9.